The summed E-state index contributed by atoms with van der Waals surface area (Å²) < 4.78 is 0. The van der Waals surface area contributed by atoms with Gasteiger partial charge in [0.2, 0.25) is 0 Å². The van der Waals surface area contributed by atoms with E-state index in [2.05, 4.69) is 29.3 Å². The van der Waals surface area contributed by atoms with Crippen molar-refractivity contribution in [3.05, 3.63) is 0 Å². The highest BCUT2D eigenvalue weighted by Crippen LogP contribution is 1.78. The van der Waals surface area contributed by atoms with Crippen molar-refractivity contribution in [2.45, 2.75) is 0 Å². The zero-order chi connectivity index (χ0) is 9.56. The Balaban J connectivity index is 3.61. The molecule has 0 saturated heterocycles. The second-order valence-electron chi connectivity index (χ2n) is 3.17. The van der Waals surface area contributed by atoms with Crippen LogP contribution in [0.5, 0.6) is 0 Å². The summed E-state index contributed by atoms with van der Waals surface area (Å²) in [6, 6.07) is 0. The molecule has 0 aromatic carbocycles. The summed E-state index contributed by atoms with van der Waals surface area (Å²) in [5.74, 6) is 0.928. The molecule has 1 N–H and O–H groups in total. The largest absolute Gasteiger partial charge is 0.355 e. The zero-order valence-corrected chi connectivity index (χ0v) is 8.76. The van der Waals surface area contributed by atoms with Crippen LogP contribution in [0.1, 0.15) is 0 Å². The summed E-state index contributed by atoms with van der Waals surface area (Å²) in [6.07, 6.45) is 0. The molecule has 0 fully saturated rings. The van der Waals surface area contributed by atoms with Crippen molar-refractivity contribution in [3.8, 4) is 0 Å². The Morgan fingerprint density at radius 3 is 2.17 bits per heavy atom. The van der Waals surface area contributed by atoms with Crippen LogP contribution in [0, 0.1) is 0 Å². The Hall–Kier alpha value is -0.770. The van der Waals surface area contributed by atoms with E-state index in [1.54, 1.807) is 7.05 Å². The van der Waals surface area contributed by atoms with E-state index < -0.39 is 0 Å². The van der Waals surface area contributed by atoms with Crippen LogP contribution >= 0.6 is 0 Å². The molecule has 0 rings (SSSR count). The van der Waals surface area contributed by atoms with Gasteiger partial charge in [0.25, 0.3) is 0 Å². The molecule has 0 bridgehead atoms. The standard InChI is InChI=1S/C8H20N4/c1-9-8(12(4)5)10-6-7-11(2)3/h6-7H2,1-5H3,(H,9,10). The second kappa shape index (κ2) is 5.83. The molecule has 4 heteroatoms. The minimum atomic E-state index is 0.928. The molecule has 12 heavy (non-hydrogen) atoms. The third-order valence-electron chi connectivity index (χ3n) is 1.48. The van der Waals surface area contributed by atoms with E-state index in [1.165, 1.54) is 0 Å². The summed E-state index contributed by atoms with van der Waals surface area (Å²) in [7, 11) is 9.86. The quantitative estimate of drug-likeness (QED) is 0.468. The van der Waals surface area contributed by atoms with Gasteiger partial charge in [-0.3, -0.25) is 4.99 Å². The first-order valence-electron chi connectivity index (χ1n) is 4.10. The van der Waals surface area contributed by atoms with Gasteiger partial charge in [-0.15, -0.1) is 0 Å². The van der Waals surface area contributed by atoms with Crippen molar-refractivity contribution >= 4 is 5.96 Å². The van der Waals surface area contributed by atoms with Crippen LogP contribution in [0.3, 0.4) is 0 Å². The van der Waals surface area contributed by atoms with Gasteiger partial charge in [0.15, 0.2) is 5.96 Å². The molecule has 0 radical (unpaired) electrons. The SMILES string of the molecule is CN=C(NCCN(C)C)N(C)C. The number of nitrogens with one attached hydrogen (secondary N) is 1. The number of guanidine groups is 1. The molecule has 0 spiro atoms. The predicted molar refractivity (Wildman–Crippen MR) is 53.6 cm³/mol. The molecule has 0 aromatic heterocycles. The van der Waals surface area contributed by atoms with Crippen LogP contribution in [-0.2, 0) is 0 Å². The highest BCUT2D eigenvalue weighted by Gasteiger charge is 1.98. The van der Waals surface area contributed by atoms with Crippen molar-refractivity contribution in [2.75, 3.05) is 48.3 Å². The van der Waals surface area contributed by atoms with Gasteiger partial charge in [0.05, 0.1) is 0 Å². The summed E-state index contributed by atoms with van der Waals surface area (Å²) in [5.41, 5.74) is 0. The molecule has 0 amide bonds. The summed E-state index contributed by atoms with van der Waals surface area (Å²) in [5, 5.41) is 3.23. The number of likely N-dealkylation sites (N-methyl/N-ethyl adjacent to an activating group) is 1. The Bertz CT molecular complexity index is 140. The first-order valence-corrected chi connectivity index (χ1v) is 4.10. The summed E-state index contributed by atoms with van der Waals surface area (Å²) in [6.45, 7) is 1.95. The number of rotatable bonds is 3. The molecule has 0 aliphatic heterocycles. The monoisotopic (exact) mass is 172 g/mol. The lowest BCUT2D eigenvalue weighted by molar-refractivity contribution is 0.408. The molecular formula is C8H20N4. The third kappa shape index (κ3) is 4.96. The van der Waals surface area contributed by atoms with Crippen molar-refractivity contribution in [1.82, 2.24) is 15.1 Å². The normalized spacial score (nSPS) is 12.0. The molecule has 0 heterocycles. The van der Waals surface area contributed by atoms with Gasteiger partial charge in [-0.1, -0.05) is 0 Å². The first kappa shape index (κ1) is 11.2. The maximum Gasteiger partial charge on any atom is 0.193 e. The number of nitrogens with zero attached hydrogens (tertiary/aromatic N) is 3. The molecule has 0 aromatic rings. The molecule has 0 aliphatic carbocycles. The van der Waals surface area contributed by atoms with E-state index in [0.29, 0.717) is 0 Å². The molecule has 0 saturated carbocycles. The lowest BCUT2D eigenvalue weighted by atomic mass is 10.5. The zero-order valence-electron chi connectivity index (χ0n) is 8.76. The van der Waals surface area contributed by atoms with E-state index >= 15 is 0 Å². The molecule has 72 valence electrons. The van der Waals surface area contributed by atoms with Gasteiger partial charge >= 0.3 is 0 Å². The van der Waals surface area contributed by atoms with Gasteiger partial charge in [-0.25, -0.2) is 0 Å². The van der Waals surface area contributed by atoms with Crippen molar-refractivity contribution in [1.29, 1.82) is 0 Å². The van der Waals surface area contributed by atoms with E-state index in [0.717, 1.165) is 19.0 Å². The molecular weight excluding hydrogens is 152 g/mol. The minimum absolute atomic E-state index is 0.928. The predicted octanol–water partition coefficient (Wildman–Crippen LogP) is -0.315. The van der Waals surface area contributed by atoms with E-state index in [4.69, 9.17) is 0 Å². The Kier molecular flexibility index (Phi) is 5.45. The fraction of sp³-hybridized carbons (Fsp3) is 0.875. The lowest BCUT2D eigenvalue weighted by Gasteiger charge is -2.18. The molecule has 0 unspecified atom stereocenters. The highest BCUT2D eigenvalue weighted by molar-refractivity contribution is 5.79. The van der Waals surface area contributed by atoms with Gasteiger partial charge in [0, 0.05) is 34.2 Å². The van der Waals surface area contributed by atoms with Crippen LogP contribution in [0.4, 0.5) is 0 Å². The van der Waals surface area contributed by atoms with Crippen molar-refractivity contribution < 1.29 is 0 Å². The number of hydrogen-bond donors (Lipinski definition) is 1. The average Bonchev–Trinajstić information content (AvgIpc) is 1.96. The highest BCUT2D eigenvalue weighted by atomic mass is 15.3. The van der Waals surface area contributed by atoms with Crippen LogP contribution < -0.4 is 5.32 Å². The van der Waals surface area contributed by atoms with Crippen LogP contribution in [0.2, 0.25) is 0 Å². The second-order valence-corrected chi connectivity index (χ2v) is 3.17. The maximum atomic E-state index is 4.10. The number of aliphatic imine (C=N–C) groups is 1. The summed E-state index contributed by atoms with van der Waals surface area (Å²) >= 11 is 0. The summed E-state index contributed by atoms with van der Waals surface area (Å²) in [4.78, 5) is 8.20. The third-order valence-corrected chi connectivity index (χ3v) is 1.48. The smallest absolute Gasteiger partial charge is 0.193 e. The topological polar surface area (TPSA) is 30.9 Å². The average molecular weight is 172 g/mol. The fourth-order valence-corrected chi connectivity index (χ4v) is 0.828. The van der Waals surface area contributed by atoms with E-state index in [-0.39, 0.29) is 0 Å². The van der Waals surface area contributed by atoms with Gasteiger partial charge in [-0.2, -0.15) is 0 Å². The Morgan fingerprint density at radius 1 is 1.25 bits per heavy atom. The first-order chi connectivity index (χ1) is 5.57. The lowest BCUT2D eigenvalue weighted by Crippen LogP contribution is -2.39. The molecule has 0 atom stereocenters. The maximum absolute atomic E-state index is 4.10. The van der Waals surface area contributed by atoms with Crippen LogP contribution in [-0.4, -0.2) is 64.1 Å². The van der Waals surface area contributed by atoms with Gasteiger partial charge in [0.1, 0.15) is 0 Å². The van der Waals surface area contributed by atoms with Crippen LogP contribution in [0.15, 0.2) is 4.99 Å². The Morgan fingerprint density at radius 2 is 1.83 bits per heavy atom. The number of hydrogen-bond acceptors (Lipinski definition) is 2. The molecule has 4 nitrogen and oxygen atoms in total. The van der Waals surface area contributed by atoms with E-state index in [9.17, 15) is 0 Å². The van der Waals surface area contributed by atoms with Crippen molar-refractivity contribution in [3.63, 3.8) is 0 Å². The van der Waals surface area contributed by atoms with Crippen LogP contribution in [0.25, 0.3) is 0 Å². The van der Waals surface area contributed by atoms with Crippen molar-refractivity contribution in [2.24, 2.45) is 4.99 Å². The molecule has 0 aliphatic rings. The Labute approximate surface area is 75.3 Å². The van der Waals surface area contributed by atoms with E-state index in [1.807, 2.05) is 19.0 Å². The minimum Gasteiger partial charge on any atom is -0.355 e. The van der Waals surface area contributed by atoms with Gasteiger partial charge < -0.3 is 15.1 Å². The van der Waals surface area contributed by atoms with Gasteiger partial charge in [-0.05, 0) is 14.1 Å². The fourth-order valence-electron chi connectivity index (χ4n) is 0.828.